The molecule has 14 rings (SSSR count). The Morgan fingerprint density at radius 2 is 0.754 bits per heavy atom. The Kier molecular flexibility index (Phi) is 8.21. The van der Waals surface area contributed by atoms with Crippen LogP contribution in [0.25, 0.3) is 99.4 Å². The van der Waals surface area contributed by atoms with Crippen LogP contribution in [0.5, 0.6) is 0 Å². The summed E-state index contributed by atoms with van der Waals surface area (Å²) in [6.45, 7) is 0. The molecule has 11 aromatic carbocycles. The van der Waals surface area contributed by atoms with Gasteiger partial charge in [-0.2, -0.15) is 0 Å². The number of benzene rings is 11. The molecule has 2 aliphatic carbocycles. The summed E-state index contributed by atoms with van der Waals surface area (Å²) in [5.74, 6) is 0. The zero-order valence-corrected chi connectivity index (χ0v) is 39.6. The first kappa shape index (κ1) is 37.4. The molecular weight excluding hydrogens is 902 g/mol. The van der Waals surface area contributed by atoms with Crippen LogP contribution < -0.4 is 13.2 Å². The molecule has 0 aromatic heterocycles. The van der Waals surface area contributed by atoms with Gasteiger partial charge in [-0.15, -0.1) is 0 Å². The van der Waals surface area contributed by atoms with E-state index < -0.39 is 20.8 Å². The summed E-state index contributed by atoms with van der Waals surface area (Å²) in [5.41, 5.74) is 23.4. The van der Waals surface area contributed by atoms with Gasteiger partial charge in [-0.1, -0.05) is 36.4 Å². The fraction of sp³-hybridized carbons (Fsp3) is 0.0159. The number of hydrogen-bond donors (Lipinski definition) is 0. The standard InChI is InChI=1S/C63H37Ge2/c64-58-34-9-4-18-41(58)39-17-11-16-38(36-39)40-23-12-25-46-52(40)37-53-42(48-27-14-28-49-45-21-5-10-35-59(45)65-62(48)49)24-13-26-47(53)60(46)51-29-15-33-57-61(51)50-22-3-8-32-56(50)63(57)54-30-6-1-19-43(54)44-20-2-7-31-55(44)63/h1-37H. The molecule has 0 saturated heterocycles. The van der Waals surface area contributed by atoms with E-state index in [0.29, 0.717) is 0 Å². The van der Waals surface area contributed by atoms with Gasteiger partial charge in [-0.25, -0.2) is 0 Å². The summed E-state index contributed by atoms with van der Waals surface area (Å²) in [6.07, 6.45) is 0. The second-order valence-corrected chi connectivity index (χ2v) is 21.5. The molecule has 0 amide bonds. The zero-order chi connectivity index (χ0) is 42.8. The Labute approximate surface area is 394 Å². The van der Waals surface area contributed by atoms with Gasteiger partial charge >= 0.3 is 360 Å². The van der Waals surface area contributed by atoms with Gasteiger partial charge in [-0.05, 0) is 0 Å². The van der Waals surface area contributed by atoms with Gasteiger partial charge in [0.05, 0.1) is 0 Å². The number of rotatable bonds is 4. The molecule has 1 heterocycles. The monoisotopic (exact) mass is 941 g/mol. The minimum absolute atomic E-state index is 0.425. The third-order valence-electron chi connectivity index (χ3n) is 14.6. The van der Waals surface area contributed by atoms with E-state index in [1.807, 2.05) is 0 Å². The molecule has 0 atom stereocenters. The fourth-order valence-electron chi connectivity index (χ4n) is 12.0. The van der Waals surface area contributed by atoms with Crippen LogP contribution in [0, 0.1) is 0 Å². The Bertz CT molecular complexity index is 3790. The van der Waals surface area contributed by atoms with E-state index in [-0.39, 0.29) is 0 Å². The number of fused-ring (bicyclic) bond motifs is 15. The van der Waals surface area contributed by atoms with Gasteiger partial charge in [0.2, 0.25) is 0 Å². The van der Waals surface area contributed by atoms with Crippen LogP contribution in [0.3, 0.4) is 0 Å². The van der Waals surface area contributed by atoms with Crippen molar-refractivity contribution in [3.63, 3.8) is 0 Å². The summed E-state index contributed by atoms with van der Waals surface area (Å²) < 4.78 is 4.35. The molecule has 0 saturated carbocycles. The van der Waals surface area contributed by atoms with Crippen LogP contribution >= 0.6 is 0 Å². The molecule has 0 fully saturated rings. The maximum atomic E-state index is 2.53. The molecule has 0 nitrogen and oxygen atoms in total. The average Bonchev–Trinajstić information content (AvgIpc) is 4.00. The van der Waals surface area contributed by atoms with Gasteiger partial charge in [-0.3, -0.25) is 0 Å². The third-order valence-corrected chi connectivity index (χ3v) is 18.6. The SMILES string of the molecule is [Ge][c]1ccccc1-c1cccc(-c2cccc3c(-c4cccc5c4-c4ccccc4C54c5ccccc5-c5ccccc54)c4cccc(-c5cccc6[c]5[Ge][c]5ccccc5-6)c4cc23)c1. The second kappa shape index (κ2) is 14.3. The van der Waals surface area contributed by atoms with Crippen LogP contribution in [0.4, 0.5) is 0 Å². The zero-order valence-electron chi connectivity index (χ0n) is 35.4. The first-order valence-corrected chi connectivity index (χ1v) is 25.7. The molecule has 297 valence electrons. The van der Waals surface area contributed by atoms with Crippen molar-refractivity contribution in [3.8, 4) is 77.9 Å². The molecule has 5 radical (unpaired) electrons. The van der Waals surface area contributed by atoms with E-state index in [1.165, 1.54) is 135 Å². The summed E-state index contributed by atoms with van der Waals surface area (Å²) in [5, 5.41) is 5.12. The molecule has 0 N–H and O–H groups in total. The molecule has 1 spiro atoms. The van der Waals surface area contributed by atoms with Crippen LogP contribution in [0.15, 0.2) is 224 Å². The first-order chi connectivity index (χ1) is 32.2. The molecule has 2 heteroatoms. The number of hydrogen-bond acceptors (Lipinski definition) is 0. The van der Waals surface area contributed by atoms with E-state index in [0.717, 1.165) is 0 Å². The van der Waals surface area contributed by atoms with Crippen molar-refractivity contribution in [1.29, 1.82) is 0 Å². The second-order valence-electron chi connectivity index (χ2n) is 17.7. The summed E-state index contributed by atoms with van der Waals surface area (Å²) in [6, 6.07) is 85.3. The topological polar surface area (TPSA) is 0 Å². The summed E-state index contributed by atoms with van der Waals surface area (Å²) in [4.78, 5) is 0. The van der Waals surface area contributed by atoms with Crippen molar-refractivity contribution in [3.05, 3.63) is 247 Å². The van der Waals surface area contributed by atoms with Crippen LogP contribution in [0.1, 0.15) is 22.3 Å². The van der Waals surface area contributed by atoms with Gasteiger partial charge < -0.3 is 0 Å². The molecule has 11 aromatic rings. The molecule has 0 unspecified atom stereocenters. The van der Waals surface area contributed by atoms with Gasteiger partial charge in [0.25, 0.3) is 0 Å². The quantitative estimate of drug-likeness (QED) is 0.122. The third kappa shape index (κ3) is 5.21. The minimum atomic E-state index is -0.522. The van der Waals surface area contributed by atoms with Gasteiger partial charge in [0, 0.05) is 0 Å². The predicted octanol–water partition coefficient (Wildman–Crippen LogP) is 13.4. The Morgan fingerprint density at radius 3 is 1.48 bits per heavy atom. The van der Waals surface area contributed by atoms with Gasteiger partial charge in [0.15, 0.2) is 0 Å². The van der Waals surface area contributed by atoms with Crippen molar-refractivity contribution < 1.29 is 0 Å². The van der Waals surface area contributed by atoms with Gasteiger partial charge in [0.1, 0.15) is 0 Å². The van der Waals surface area contributed by atoms with Crippen molar-refractivity contribution in [2.24, 2.45) is 0 Å². The van der Waals surface area contributed by atoms with Crippen molar-refractivity contribution in [2.75, 3.05) is 0 Å². The van der Waals surface area contributed by atoms with E-state index >= 15 is 0 Å². The maximum absolute atomic E-state index is 2.53. The molecule has 3 aliphatic rings. The van der Waals surface area contributed by atoms with Crippen LogP contribution in [0.2, 0.25) is 0 Å². The van der Waals surface area contributed by atoms with Crippen molar-refractivity contribution >= 4 is 66.7 Å². The molecular formula is C63H37Ge2. The van der Waals surface area contributed by atoms with Crippen molar-refractivity contribution in [2.45, 2.75) is 5.41 Å². The van der Waals surface area contributed by atoms with Crippen molar-refractivity contribution in [1.82, 2.24) is 0 Å². The van der Waals surface area contributed by atoms with E-state index in [1.54, 1.807) is 0 Å². The molecule has 0 bridgehead atoms. The predicted molar refractivity (Wildman–Crippen MR) is 275 cm³/mol. The summed E-state index contributed by atoms with van der Waals surface area (Å²) in [7, 11) is 0. The van der Waals surface area contributed by atoms with Crippen LogP contribution in [-0.2, 0) is 5.41 Å². The van der Waals surface area contributed by atoms with E-state index in [2.05, 4.69) is 241 Å². The van der Waals surface area contributed by atoms with Crippen LogP contribution in [-0.4, -0.2) is 31.9 Å². The van der Waals surface area contributed by atoms with E-state index in [9.17, 15) is 0 Å². The van der Waals surface area contributed by atoms with E-state index in [4.69, 9.17) is 0 Å². The average molecular weight is 939 g/mol. The Hall–Kier alpha value is -6.97. The molecule has 1 aliphatic heterocycles. The Morgan fingerprint density at radius 1 is 0.292 bits per heavy atom. The molecule has 65 heavy (non-hydrogen) atoms. The first-order valence-electron chi connectivity index (χ1n) is 22.5. The normalized spacial score (nSPS) is 13.4. The summed E-state index contributed by atoms with van der Waals surface area (Å²) >= 11 is 1.69. The fourth-order valence-corrected chi connectivity index (χ4v) is 15.8. The Balaban J connectivity index is 1.10.